The molecule has 0 rings (SSSR count). The summed E-state index contributed by atoms with van der Waals surface area (Å²) >= 11 is 0. The van der Waals surface area contributed by atoms with E-state index in [9.17, 15) is 4.79 Å². The highest BCUT2D eigenvalue weighted by molar-refractivity contribution is 5.81. The monoisotopic (exact) mass is 158 g/mol. The fraction of sp³-hybridized carbons (Fsp3) is 0.625. The summed E-state index contributed by atoms with van der Waals surface area (Å²) in [6, 6.07) is 0. The van der Waals surface area contributed by atoms with Crippen molar-refractivity contribution in [3.63, 3.8) is 0 Å². The van der Waals surface area contributed by atoms with Gasteiger partial charge >= 0.3 is 5.97 Å². The van der Waals surface area contributed by atoms with Gasteiger partial charge in [0.2, 0.25) is 0 Å². The molecule has 0 saturated heterocycles. The first-order valence-electron chi connectivity index (χ1n) is 3.68. The Labute approximate surface area is 66.7 Å². The van der Waals surface area contributed by atoms with Gasteiger partial charge in [-0.1, -0.05) is 13.0 Å². The number of carbonyl (C=O) groups is 1. The van der Waals surface area contributed by atoms with Gasteiger partial charge in [-0.15, -0.1) is 0 Å². The first-order chi connectivity index (χ1) is 5.20. The zero-order valence-electron chi connectivity index (χ0n) is 6.91. The molecule has 3 heteroatoms. The van der Waals surface area contributed by atoms with Crippen LogP contribution >= 0.6 is 0 Å². The van der Waals surface area contributed by atoms with Crippen molar-refractivity contribution in [1.29, 1.82) is 0 Å². The molecular formula is C8H14O3. The van der Waals surface area contributed by atoms with Gasteiger partial charge in [-0.25, -0.2) is 4.79 Å². The van der Waals surface area contributed by atoms with Gasteiger partial charge in [0.05, 0.1) is 6.10 Å². The average Bonchev–Trinajstić information content (AvgIpc) is 2.01. The topological polar surface area (TPSA) is 46.5 Å². The molecule has 64 valence electrons. The Morgan fingerprint density at radius 2 is 2.36 bits per heavy atom. The molecule has 0 fully saturated rings. The zero-order valence-corrected chi connectivity index (χ0v) is 6.91. The first kappa shape index (κ1) is 10.2. The summed E-state index contributed by atoms with van der Waals surface area (Å²) in [5, 5.41) is 8.97. The molecular weight excluding hydrogens is 144 g/mol. The Hall–Kier alpha value is -0.830. The molecule has 1 atom stereocenters. The number of rotatable bonds is 4. The highest BCUT2D eigenvalue weighted by Crippen LogP contribution is 1.91. The standard InChI is InChI=1S/C8H14O3/c1-3-5-8(10)11-6-7(9)4-2/h3,5,7,9H,4,6H2,1-2H3/b5-3+. The molecule has 0 aliphatic rings. The molecule has 3 nitrogen and oxygen atoms in total. The number of esters is 1. The van der Waals surface area contributed by atoms with Crippen molar-refractivity contribution in [2.24, 2.45) is 0 Å². The number of aliphatic hydroxyl groups excluding tert-OH is 1. The molecule has 0 heterocycles. The minimum Gasteiger partial charge on any atom is -0.460 e. The lowest BCUT2D eigenvalue weighted by Crippen LogP contribution is -2.16. The lowest BCUT2D eigenvalue weighted by Gasteiger charge is -2.06. The quantitative estimate of drug-likeness (QED) is 0.488. The van der Waals surface area contributed by atoms with Gasteiger partial charge in [0.15, 0.2) is 0 Å². The molecule has 0 saturated carbocycles. The Bertz CT molecular complexity index is 140. The largest absolute Gasteiger partial charge is 0.460 e. The van der Waals surface area contributed by atoms with Crippen LogP contribution in [0.25, 0.3) is 0 Å². The van der Waals surface area contributed by atoms with Crippen molar-refractivity contribution in [3.8, 4) is 0 Å². The molecule has 0 aliphatic carbocycles. The van der Waals surface area contributed by atoms with Gasteiger partial charge in [0, 0.05) is 6.08 Å². The van der Waals surface area contributed by atoms with Crippen LogP contribution < -0.4 is 0 Å². The highest BCUT2D eigenvalue weighted by atomic mass is 16.5. The van der Waals surface area contributed by atoms with E-state index in [1.807, 2.05) is 6.92 Å². The van der Waals surface area contributed by atoms with Gasteiger partial charge in [0.25, 0.3) is 0 Å². The molecule has 11 heavy (non-hydrogen) atoms. The van der Waals surface area contributed by atoms with Crippen molar-refractivity contribution in [2.45, 2.75) is 26.4 Å². The van der Waals surface area contributed by atoms with Crippen molar-refractivity contribution in [1.82, 2.24) is 0 Å². The fourth-order valence-electron chi connectivity index (χ4n) is 0.480. The minimum absolute atomic E-state index is 0.0830. The second kappa shape index (κ2) is 5.92. The first-order valence-corrected chi connectivity index (χ1v) is 3.68. The Morgan fingerprint density at radius 1 is 1.73 bits per heavy atom. The SMILES string of the molecule is C/C=C/C(=O)OCC(O)CC. The number of ether oxygens (including phenoxy) is 1. The molecule has 0 amide bonds. The van der Waals surface area contributed by atoms with E-state index >= 15 is 0 Å². The summed E-state index contributed by atoms with van der Waals surface area (Å²) in [6.07, 6.45) is 2.98. The number of aliphatic hydroxyl groups is 1. The lowest BCUT2D eigenvalue weighted by molar-refractivity contribution is -0.140. The minimum atomic E-state index is -0.538. The summed E-state index contributed by atoms with van der Waals surface area (Å²) in [5.41, 5.74) is 0. The van der Waals surface area contributed by atoms with Crippen LogP contribution in [-0.2, 0) is 9.53 Å². The van der Waals surface area contributed by atoms with Crippen LogP contribution in [0.4, 0.5) is 0 Å². The van der Waals surface area contributed by atoms with Crippen LogP contribution in [0.2, 0.25) is 0 Å². The van der Waals surface area contributed by atoms with Gasteiger partial charge in [-0.05, 0) is 13.3 Å². The van der Waals surface area contributed by atoms with Gasteiger partial charge in [-0.3, -0.25) is 0 Å². The Morgan fingerprint density at radius 3 is 2.82 bits per heavy atom. The Balaban J connectivity index is 3.45. The molecule has 1 unspecified atom stereocenters. The normalized spacial score (nSPS) is 13.4. The van der Waals surface area contributed by atoms with Gasteiger partial charge in [0.1, 0.15) is 6.61 Å². The molecule has 0 radical (unpaired) electrons. The highest BCUT2D eigenvalue weighted by Gasteiger charge is 2.02. The van der Waals surface area contributed by atoms with Crippen molar-refractivity contribution >= 4 is 5.97 Å². The number of carbonyl (C=O) groups excluding carboxylic acids is 1. The third-order valence-electron chi connectivity index (χ3n) is 1.19. The predicted octanol–water partition coefficient (Wildman–Crippen LogP) is 0.877. The van der Waals surface area contributed by atoms with E-state index in [2.05, 4.69) is 4.74 Å². The number of hydrogen-bond donors (Lipinski definition) is 1. The maximum Gasteiger partial charge on any atom is 0.330 e. The summed E-state index contributed by atoms with van der Waals surface area (Å²) in [7, 11) is 0. The predicted molar refractivity (Wildman–Crippen MR) is 42.1 cm³/mol. The van der Waals surface area contributed by atoms with E-state index in [-0.39, 0.29) is 6.61 Å². The Kier molecular flexibility index (Phi) is 5.47. The molecule has 0 spiro atoms. The van der Waals surface area contributed by atoms with Crippen molar-refractivity contribution in [2.75, 3.05) is 6.61 Å². The third kappa shape index (κ3) is 5.61. The van der Waals surface area contributed by atoms with E-state index < -0.39 is 12.1 Å². The summed E-state index contributed by atoms with van der Waals surface area (Å²) in [4.78, 5) is 10.6. The van der Waals surface area contributed by atoms with E-state index in [0.29, 0.717) is 6.42 Å². The van der Waals surface area contributed by atoms with Gasteiger partial charge in [-0.2, -0.15) is 0 Å². The fourth-order valence-corrected chi connectivity index (χ4v) is 0.480. The third-order valence-corrected chi connectivity index (χ3v) is 1.19. The van der Waals surface area contributed by atoms with E-state index in [4.69, 9.17) is 5.11 Å². The zero-order chi connectivity index (χ0) is 8.69. The molecule has 0 aromatic heterocycles. The molecule has 0 bridgehead atoms. The molecule has 1 N–H and O–H groups in total. The molecule has 0 aromatic rings. The molecule has 0 aliphatic heterocycles. The van der Waals surface area contributed by atoms with Crippen LogP contribution in [0, 0.1) is 0 Å². The summed E-state index contributed by atoms with van der Waals surface area (Å²) < 4.78 is 4.66. The smallest absolute Gasteiger partial charge is 0.330 e. The number of allylic oxidation sites excluding steroid dienone is 1. The maximum atomic E-state index is 10.6. The van der Waals surface area contributed by atoms with Crippen molar-refractivity contribution in [3.05, 3.63) is 12.2 Å². The van der Waals surface area contributed by atoms with Crippen LogP contribution in [0.5, 0.6) is 0 Å². The summed E-state index contributed by atoms with van der Waals surface area (Å²) in [6.45, 7) is 3.64. The number of hydrogen-bond acceptors (Lipinski definition) is 3. The molecule has 0 aromatic carbocycles. The van der Waals surface area contributed by atoms with Crippen molar-refractivity contribution < 1.29 is 14.6 Å². The van der Waals surface area contributed by atoms with Gasteiger partial charge < -0.3 is 9.84 Å². The summed E-state index contributed by atoms with van der Waals surface area (Å²) in [5.74, 6) is -0.403. The van der Waals surface area contributed by atoms with E-state index in [1.54, 1.807) is 13.0 Å². The van der Waals surface area contributed by atoms with Crippen LogP contribution in [0.15, 0.2) is 12.2 Å². The lowest BCUT2D eigenvalue weighted by atomic mass is 10.3. The average molecular weight is 158 g/mol. The maximum absolute atomic E-state index is 10.6. The second-order valence-corrected chi connectivity index (χ2v) is 2.19. The van der Waals surface area contributed by atoms with E-state index in [1.165, 1.54) is 6.08 Å². The second-order valence-electron chi connectivity index (χ2n) is 2.19. The van der Waals surface area contributed by atoms with Crippen LogP contribution in [0.3, 0.4) is 0 Å². The van der Waals surface area contributed by atoms with E-state index in [0.717, 1.165) is 0 Å². The van der Waals surface area contributed by atoms with Crippen LogP contribution in [0.1, 0.15) is 20.3 Å². The van der Waals surface area contributed by atoms with Crippen LogP contribution in [-0.4, -0.2) is 23.8 Å².